The van der Waals surface area contributed by atoms with Crippen molar-refractivity contribution in [1.82, 2.24) is 14.8 Å². The largest absolute Gasteiger partial charge is 0.358 e. The number of nitrogens with one attached hydrogen (secondary N) is 1. The number of hydrogen-bond acceptors (Lipinski definition) is 5. The summed E-state index contributed by atoms with van der Waals surface area (Å²) in [6.07, 6.45) is 1.01. The van der Waals surface area contributed by atoms with Crippen LogP contribution < -0.4 is 10.9 Å². The lowest BCUT2D eigenvalue weighted by Gasteiger charge is -2.09. The topological polar surface area (TPSA) is 59.8 Å². The Morgan fingerprint density at radius 3 is 2.75 bits per heavy atom. The third kappa shape index (κ3) is 2.75. The monoisotopic (exact) mass is 292 g/mol. The van der Waals surface area contributed by atoms with Crippen LogP contribution in [0.25, 0.3) is 10.6 Å². The summed E-state index contributed by atoms with van der Waals surface area (Å²) >= 11 is 1.43. The van der Waals surface area contributed by atoms with Crippen molar-refractivity contribution >= 4 is 16.5 Å². The molecular formula is C14H20N4OS. The highest BCUT2D eigenvalue weighted by Crippen LogP contribution is 2.27. The normalized spacial score (nSPS) is 12.4. The summed E-state index contributed by atoms with van der Waals surface area (Å²) in [6, 6.07) is 2.35. The van der Waals surface area contributed by atoms with Crippen LogP contribution in [-0.2, 0) is 7.05 Å². The summed E-state index contributed by atoms with van der Waals surface area (Å²) in [4.78, 5) is 12.4. The van der Waals surface area contributed by atoms with Crippen LogP contribution in [0.4, 0.5) is 5.13 Å². The van der Waals surface area contributed by atoms with Crippen molar-refractivity contribution in [3.8, 4) is 10.6 Å². The Balaban J connectivity index is 2.43. The van der Waals surface area contributed by atoms with Gasteiger partial charge < -0.3 is 9.88 Å². The van der Waals surface area contributed by atoms with Gasteiger partial charge in [-0.3, -0.25) is 4.79 Å². The number of aryl methyl sites for hydroxylation is 2. The molecule has 6 heteroatoms. The van der Waals surface area contributed by atoms with Gasteiger partial charge in [-0.25, -0.2) is 0 Å². The Labute approximate surface area is 122 Å². The Kier molecular flexibility index (Phi) is 4.23. The van der Waals surface area contributed by atoms with Gasteiger partial charge in [0.15, 0.2) is 5.01 Å². The van der Waals surface area contributed by atoms with Gasteiger partial charge in [0.25, 0.3) is 5.56 Å². The van der Waals surface area contributed by atoms with Crippen LogP contribution in [0.2, 0.25) is 0 Å². The van der Waals surface area contributed by atoms with Crippen LogP contribution in [0.5, 0.6) is 0 Å². The maximum absolute atomic E-state index is 12.4. The fourth-order valence-corrected chi connectivity index (χ4v) is 2.89. The van der Waals surface area contributed by atoms with Crippen LogP contribution in [0.1, 0.15) is 31.5 Å². The second-order valence-electron chi connectivity index (χ2n) is 5.07. The summed E-state index contributed by atoms with van der Waals surface area (Å²) < 4.78 is 1.64. The molecule has 0 aliphatic carbocycles. The lowest BCUT2D eigenvalue weighted by Crippen LogP contribution is -2.21. The summed E-state index contributed by atoms with van der Waals surface area (Å²) in [5.41, 5.74) is 2.51. The zero-order valence-corrected chi connectivity index (χ0v) is 13.3. The molecule has 2 aromatic rings. The zero-order valence-electron chi connectivity index (χ0n) is 12.5. The Morgan fingerprint density at radius 2 is 2.10 bits per heavy atom. The lowest BCUT2D eigenvalue weighted by molar-refractivity contribution is 0.760. The molecule has 5 nitrogen and oxygen atoms in total. The van der Waals surface area contributed by atoms with E-state index in [1.165, 1.54) is 11.3 Å². The molecule has 20 heavy (non-hydrogen) atoms. The van der Waals surface area contributed by atoms with Crippen molar-refractivity contribution < 1.29 is 0 Å². The first-order valence-electron chi connectivity index (χ1n) is 6.71. The smallest absolute Gasteiger partial charge is 0.261 e. The van der Waals surface area contributed by atoms with E-state index in [1.807, 2.05) is 19.9 Å². The van der Waals surface area contributed by atoms with Crippen molar-refractivity contribution in [1.29, 1.82) is 0 Å². The molecule has 0 spiro atoms. The minimum absolute atomic E-state index is 0.0197. The molecule has 0 fully saturated rings. The fraction of sp³-hybridized carbons (Fsp3) is 0.500. The third-order valence-corrected chi connectivity index (χ3v) is 4.36. The van der Waals surface area contributed by atoms with Crippen molar-refractivity contribution in [2.24, 2.45) is 7.05 Å². The van der Waals surface area contributed by atoms with Gasteiger partial charge in [0.05, 0.1) is 5.56 Å². The molecule has 0 saturated heterocycles. The van der Waals surface area contributed by atoms with Gasteiger partial charge in [-0.2, -0.15) is 0 Å². The maximum Gasteiger partial charge on any atom is 0.261 e. The van der Waals surface area contributed by atoms with E-state index in [0.717, 1.165) is 22.8 Å². The highest BCUT2D eigenvalue weighted by atomic mass is 32.1. The third-order valence-electron chi connectivity index (χ3n) is 3.49. The van der Waals surface area contributed by atoms with E-state index in [1.54, 1.807) is 11.6 Å². The molecular weight excluding hydrogens is 272 g/mol. The second kappa shape index (κ2) is 5.75. The molecule has 0 aromatic carbocycles. The molecule has 0 aliphatic rings. The molecule has 0 amide bonds. The lowest BCUT2D eigenvalue weighted by atomic mass is 10.1. The van der Waals surface area contributed by atoms with Gasteiger partial charge in [-0.1, -0.05) is 18.3 Å². The number of anilines is 1. The summed E-state index contributed by atoms with van der Waals surface area (Å²) in [6.45, 7) is 8.07. The quantitative estimate of drug-likeness (QED) is 0.941. The van der Waals surface area contributed by atoms with Gasteiger partial charge >= 0.3 is 0 Å². The van der Waals surface area contributed by atoms with E-state index in [4.69, 9.17) is 0 Å². The molecule has 2 aromatic heterocycles. The SMILES string of the molecule is CCC(C)Nc1nnc(-c2c(C)cc(C)n(C)c2=O)s1. The van der Waals surface area contributed by atoms with Crippen LogP contribution in [0.15, 0.2) is 10.9 Å². The maximum atomic E-state index is 12.4. The first-order chi connectivity index (χ1) is 9.43. The molecule has 1 unspecified atom stereocenters. The summed E-state index contributed by atoms with van der Waals surface area (Å²) in [5.74, 6) is 0. The van der Waals surface area contributed by atoms with Crippen molar-refractivity contribution in [3.63, 3.8) is 0 Å². The Morgan fingerprint density at radius 1 is 1.40 bits per heavy atom. The second-order valence-corrected chi connectivity index (χ2v) is 6.05. The van der Waals surface area contributed by atoms with Crippen molar-refractivity contribution in [2.45, 2.75) is 40.2 Å². The minimum atomic E-state index is -0.0197. The van der Waals surface area contributed by atoms with E-state index in [0.29, 0.717) is 16.6 Å². The summed E-state index contributed by atoms with van der Waals surface area (Å²) in [7, 11) is 1.78. The van der Waals surface area contributed by atoms with Gasteiger partial charge in [-0.15, -0.1) is 10.2 Å². The van der Waals surface area contributed by atoms with Gasteiger partial charge in [-0.05, 0) is 38.8 Å². The number of nitrogens with zero attached hydrogens (tertiary/aromatic N) is 3. The van der Waals surface area contributed by atoms with Gasteiger partial charge in [0, 0.05) is 18.8 Å². The summed E-state index contributed by atoms with van der Waals surface area (Å²) in [5, 5.41) is 13.0. The first-order valence-corrected chi connectivity index (χ1v) is 7.53. The zero-order chi connectivity index (χ0) is 14.9. The predicted octanol–water partition coefficient (Wildman–Crippen LogP) is 2.73. The molecule has 2 heterocycles. The van der Waals surface area contributed by atoms with Crippen LogP contribution >= 0.6 is 11.3 Å². The Hall–Kier alpha value is -1.69. The minimum Gasteiger partial charge on any atom is -0.358 e. The van der Waals surface area contributed by atoms with E-state index in [-0.39, 0.29) is 5.56 Å². The molecule has 0 radical (unpaired) electrons. The molecule has 108 valence electrons. The van der Waals surface area contributed by atoms with E-state index in [9.17, 15) is 4.79 Å². The number of rotatable bonds is 4. The van der Waals surface area contributed by atoms with Crippen molar-refractivity contribution in [3.05, 3.63) is 27.7 Å². The molecule has 2 rings (SSSR count). The first kappa shape index (κ1) is 14.7. The molecule has 0 saturated carbocycles. The average molecular weight is 292 g/mol. The number of aromatic nitrogens is 3. The standard InChI is InChI=1S/C14H20N4OS/c1-6-9(3)15-14-17-16-12(20-14)11-8(2)7-10(4)18(5)13(11)19/h7,9H,6H2,1-5H3,(H,15,17). The number of pyridine rings is 1. The Bertz CT molecular complexity index is 674. The fourth-order valence-electron chi connectivity index (χ4n) is 1.93. The molecule has 1 N–H and O–H groups in total. The van der Waals surface area contributed by atoms with Crippen LogP contribution in [0.3, 0.4) is 0 Å². The number of hydrogen-bond donors (Lipinski definition) is 1. The van der Waals surface area contributed by atoms with E-state index < -0.39 is 0 Å². The molecule has 0 bridgehead atoms. The highest BCUT2D eigenvalue weighted by Gasteiger charge is 2.15. The average Bonchev–Trinajstić information content (AvgIpc) is 2.84. The van der Waals surface area contributed by atoms with Crippen LogP contribution in [-0.4, -0.2) is 20.8 Å². The van der Waals surface area contributed by atoms with Crippen molar-refractivity contribution in [2.75, 3.05) is 5.32 Å². The predicted molar refractivity (Wildman–Crippen MR) is 83.4 cm³/mol. The molecule has 1 atom stereocenters. The molecule has 0 aliphatic heterocycles. The highest BCUT2D eigenvalue weighted by molar-refractivity contribution is 7.18. The van der Waals surface area contributed by atoms with Gasteiger partial charge in [0.2, 0.25) is 5.13 Å². The van der Waals surface area contributed by atoms with E-state index >= 15 is 0 Å². The van der Waals surface area contributed by atoms with Gasteiger partial charge in [0.1, 0.15) is 0 Å². The van der Waals surface area contributed by atoms with E-state index in [2.05, 4.69) is 29.4 Å². The van der Waals surface area contributed by atoms with Crippen LogP contribution in [0, 0.1) is 13.8 Å².